The van der Waals surface area contributed by atoms with Gasteiger partial charge in [-0.1, -0.05) is 23.3 Å². The van der Waals surface area contributed by atoms with E-state index in [2.05, 4.69) is 19.7 Å². The maximum Gasteiger partial charge on any atom is 0.303 e. The highest BCUT2D eigenvalue weighted by molar-refractivity contribution is 5.66. The van der Waals surface area contributed by atoms with Gasteiger partial charge in [0.2, 0.25) is 5.70 Å². The molecule has 0 aliphatic carbocycles. The molecule has 1 aromatic rings. The van der Waals surface area contributed by atoms with E-state index in [1.807, 2.05) is 0 Å². The van der Waals surface area contributed by atoms with Gasteiger partial charge < -0.3 is 14.6 Å². The molecule has 1 aliphatic rings. The summed E-state index contributed by atoms with van der Waals surface area (Å²) in [6, 6.07) is 6.79. The third kappa shape index (κ3) is 6.40. The summed E-state index contributed by atoms with van der Waals surface area (Å²) in [5, 5.41) is 21.5. The Kier molecular flexibility index (Phi) is 8.85. The molecule has 0 radical (unpaired) electrons. The molecule has 10 heteroatoms. The summed E-state index contributed by atoms with van der Waals surface area (Å²) in [6.07, 6.45) is 5.42. The number of azide groups is 1. The van der Waals surface area contributed by atoms with E-state index >= 15 is 0 Å². The van der Waals surface area contributed by atoms with E-state index in [9.17, 15) is 10.1 Å². The molecule has 0 amide bonds. The average Bonchev–Trinajstić information content (AvgIpc) is 3.06. The van der Waals surface area contributed by atoms with Gasteiger partial charge in [-0.3, -0.25) is 4.79 Å². The van der Waals surface area contributed by atoms with Crippen molar-refractivity contribution >= 4 is 17.7 Å². The molecule has 0 saturated carbocycles. The monoisotopic (exact) mass is 458 g/mol. The number of ether oxygens (including phenoxy) is 2. The normalized spacial score (nSPS) is 15.5. The first-order valence-corrected chi connectivity index (χ1v) is 10.3. The van der Waals surface area contributed by atoms with Crippen molar-refractivity contribution in [2.45, 2.75) is 45.1 Å². The van der Waals surface area contributed by atoms with E-state index in [-0.39, 0.29) is 23.6 Å². The third-order valence-corrected chi connectivity index (χ3v) is 4.89. The van der Waals surface area contributed by atoms with Crippen LogP contribution < -0.4 is 4.74 Å². The maximum absolute atomic E-state index is 10.6. The van der Waals surface area contributed by atoms with E-state index in [0.717, 1.165) is 0 Å². The first-order chi connectivity index (χ1) is 16.3. The average molecular weight is 458 g/mol. The Labute approximate surface area is 197 Å². The standard InChI is InChI=1S/C24H22N6O4/c1-24(2)17(22(28-4)23(34-24)19(15-25)27-3)11-9-16-10-12-18(29-30-26)20(14-16)33-13-7-5-6-8-21(31)32/h9-12,14H,5-8,13H2,1-2H3,(H,31,32). The number of unbranched alkanes of at least 4 members (excludes halogenated alkanes) is 2. The van der Waals surface area contributed by atoms with Crippen LogP contribution in [0.25, 0.3) is 26.2 Å². The van der Waals surface area contributed by atoms with E-state index in [4.69, 9.17) is 33.3 Å². The topological polar surface area (TPSA) is 137 Å². The fraction of sp³-hybridized carbons (Fsp3) is 0.333. The van der Waals surface area contributed by atoms with Crippen molar-refractivity contribution in [1.29, 1.82) is 5.26 Å². The van der Waals surface area contributed by atoms with Crippen LogP contribution in [0.15, 0.2) is 52.1 Å². The summed E-state index contributed by atoms with van der Waals surface area (Å²) < 4.78 is 11.5. The van der Waals surface area contributed by atoms with Crippen LogP contribution in [0.2, 0.25) is 0 Å². The van der Waals surface area contributed by atoms with Crippen molar-refractivity contribution in [3.8, 4) is 11.8 Å². The van der Waals surface area contributed by atoms with Crippen molar-refractivity contribution in [2.75, 3.05) is 6.61 Å². The molecular weight excluding hydrogens is 436 g/mol. The minimum absolute atomic E-state index is 0.0252. The van der Waals surface area contributed by atoms with Crippen LogP contribution in [-0.4, -0.2) is 23.3 Å². The molecule has 1 aromatic carbocycles. The van der Waals surface area contributed by atoms with Gasteiger partial charge in [-0.15, -0.1) is 0 Å². The zero-order valence-electron chi connectivity index (χ0n) is 18.8. The molecule has 0 spiro atoms. The van der Waals surface area contributed by atoms with Crippen molar-refractivity contribution in [3.63, 3.8) is 0 Å². The van der Waals surface area contributed by atoms with Crippen molar-refractivity contribution in [1.82, 2.24) is 0 Å². The van der Waals surface area contributed by atoms with E-state index in [0.29, 0.717) is 48.4 Å². The lowest BCUT2D eigenvalue weighted by Crippen LogP contribution is -2.20. The van der Waals surface area contributed by atoms with Gasteiger partial charge in [0.1, 0.15) is 17.1 Å². The Balaban J connectivity index is 2.30. The van der Waals surface area contributed by atoms with Gasteiger partial charge in [-0.25, -0.2) is 15.0 Å². The summed E-state index contributed by atoms with van der Waals surface area (Å²) >= 11 is 0. The predicted octanol–water partition coefficient (Wildman–Crippen LogP) is 6.30. The van der Waals surface area contributed by atoms with Gasteiger partial charge in [0.25, 0.3) is 5.70 Å². The lowest BCUT2D eigenvalue weighted by molar-refractivity contribution is -0.137. The molecule has 0 atom stereocenters. The zero-order chi connectivity index (χ0) is 25.1. The molecule has 10 nitrogen and oxygen atoms in total. The number of nitriles is 1. The van der Waals surface area contributed by atoms with E-state index in [1.165, 1.54) is 0 Å². The van der Waals surface area contributed by atoms with Gasteiger partial charge >= 0.3 is 5.97 Å². The molecule has 0 aromatic heterocycles. The lowest BCUT2D eigenvalue weighted by atomic mass is 9.96. The highest BCUT2D eigenvalue weighted by Crippen LogP contribution is 2.41. The van der Waals surface area contributed by atoms with Crippen LogP contribution in [0.3, 0.4) is 0 Å². The summed E-state index contributed by atoms with van der Waals surface area (Å²) in [6.45, 7) is 18.5. The Morgan fingerprint density at radius 1 is 1.32 bits per heavy atom. The number of allylic oxidation sites excluding steroid dienone is 1. The fourth-order valence-corrected chi connectivity index (χ4v) is 3.24. The molecule has 0 unspecified atom stereocenters. The molecule has 1 heterocycles. The SMILES string of the molecule is [C-]#[N+]C(C#N)=C1OC(C)(C)C(C=Cc2ccc(N=[N+]=[N-])c(OCCCCCC(=O)O)c2)=C1[N+]#[C-]. The summed E-state index contributed by atoms with van der Waals surface area (Å²) in [4.78, 5) is 20.0. The molecule has 0 bridgehead atoms. The van der Waals surface area contributed by atoms with Gasteiger partial charge in [-0.2, -0.15) is 0 Å². The quantitative estimate of drug-likeness (QED) is 0.109. The minimum Gasteiger partial charge on any atom is -0.505 e. The second kappa shape index (κ2) is 11.8. The van der Waals surface area contributed by atoms with Crippen LogP contribution in [0.5, 0.6) is 5.75 Å². The molecule has 1 N–H and O–H groups in total. The Hall–Kier alpha value is -4.71. The Morgan fingerprint density at radius 3 is 2.71 bits per heavy atom. The Bertz CT molecular complexity index is 1220. The number of benzene rings is 1. The van der Waals surface area contributed by atoms with Gasteiger partial charge in [0, 0.05) is 16.9 Å². The molecule has 0 fully saturated rings. The lowest BCUT2D eigenvalue weighted by Gasteiger charge is -2.22. The van der Waals surface area contributed by atoms with Crippen molar-refractivity contribution in [2.24, 2.45) is 5.11 Å². The number of hydrogen-bond acceptors (Lipinski definition) is 5. The number of carbonyl (C=O) groups is 1. The maximum atomic E-state index is 10.6. The van der Waals surface area contributed by atoms with Crippen LogP contribution in [-0.2, 0) is 9.53 Å². The smallest absolute Gasteiger partial charge is 0.303 e. The second-order valence-corrected chi connectivity index (χ2v) is 7.69. The number of carboxylic acid groups (broad SMARTS) is 1. The largest absolute Gasteiger partial charge is 0.505 e. The highest BCUT2D eigenvalue weighted by Gasteiger charge is 2.38. The predicted molar refractivity (Wildman–Crippen MR) is 124 cm³/mol. The van der Waals surface area contributed by atoms with Crippen molar-refractivity contribution < 1.29 is 19.4 Å². The molecule has 34 heavy (non-hydrogen) atoms. The molecular formula is C24H22N6O4. The van der Waals surface area contributed by atoms with Gasteiger partial charge in [0.15, 0.2) is 0 Å². The van der Waals surface area contributed by atoms with Crippen LogP contribution in [0.1, 0.15) is 45.1 Å². The van der Waals surface area contributed by atoms with E-state index in [1.54, 1.807) is 50.3 Å². The molecule has 2 rings (SSSR count). The fourth-order valence-electron chi connectivity index (χ4n) is 3.24. The number of nitrogens with zero attached hydrogens (tertiary/aromatic N) is 6. The van der Waals surface area contributed by atoms with Crippen LogP contribution >= 0.6 is 0 Å². The first kappa shape index (κ1) is 25.5. The highest BCUT2D eigenvalue weighted by atomic mass is 16.5. The molecule has 1 aliphatic heterocycles. The second-order valence-electron chi connectivity index (χ2n) is 7.69. The van der Waals surface area contributed by atoms with Gasteiger partial charge in [0.05, 0.1) is 31.5 Å². The minimum atomic E-state index is -0.918. The van der Waals surface area contributed by atoms with Crippen LogP contribution in [0, 0.1) is 24.5 Å². The number of aliphatic carboxylic acids is 1. The van der Waals surface area contributed by atoms with Crippen molar-refractivity contribution in [3.05, 3.63) is 85.8 Å². The van der Waals surface area contributed by atoms with Gasteiger partial charge in [-0.05, 0) is 56.3 Å². The zero-order valence-corrected chi connectivity index (χ0v) is 18.8. The third-order valence-electron chi connectivity index (χ3n) is 4.89. The summed E-state index contributed by atoms with van der Waals surface area (Å²) in [5.41, 5.74) is 9.27. The summed E-state index contributed by atoms with van der Waals surface area (Å²) in [7, 11) is 0. The summed E-state index contributed by atoms with van der Waals surface area (Å²) in [5.74, 6) is -0.485. The van der Waals surface area contributed by atoms with Crippen LogP contribution in [0.4, 0.5) is 5.69 Å². The number of hydrogen-bond donors (Lipinski definition) is 1. The first-order valence-electron chi connectivity index (χ1n) is 10.3. The molecule has 172 valence electrons. The number of carboxylic acids is 1. The van der Waals surface area contributed by atoms with E-state index < -0.39 is 11.6 Å². The molecule has 0 saturated heterocycles. The number of rotatable bonds is 10. The Morgan fingerprint density at radius 2 is 2.09 bits per heavy atom.